The van der Waals surface area contributed by atoms with Crippen molar-refractivity contribution in [1.29, 1.82) is 0 Å². The van der Waals surface area contributed by atoms with Crippen LogP contribution in [0, 0.1) is 0 Å². The molecule has 0 bridgehead atoms. The normalized spacial score (nSPS) is 23.6. The molecule has 3 heterocycles. The van der Waals surface area contributed by atoms with Crippen molar-refractivity contribution in [2.45, 2.75) is 38.3 Å². The number of amides is 3. The first-order valence-corrected chi connectivity index (χ1v) is 8.34. The van der Waals surface area contributed by atoms with Crippen LogP contribution in [0.25, 0.3) is 0 Å². The molecule has 3 aliphatic rings. The van der Waals surface area contributed by atoms with Crippen molar-refractivity contribution >= 4 is 23.4 Å². The first-order valence-electron chi connectivity index (χ1n) is 8.34. The topological polar surface area (TPSA) is 105 Å². The minimum absolute atomic E-state index is 0.161. The maximum atomic E-state index is 12.8. The van der Waals surface area contributed by atoms with Crippen molar-refractivity contribution in [3.8, 4) is 0 Å². The van der Waals surface area contributed by atoms with Gasteiger partial charge in [0.1, 0.15) is 6.04 Å². The molecule has 1 atom stereocenters. The number of hydrogen-bond acceptors (Lipinski definition) is 5. The Bertz CT molecular complexity index is 759. The van der Waals surface area contributed by atoms with E-state index < -0.39 is 11.9 Å². The summed E-state index contributed by atoms with van der Waals surface area (Å²) in [6.45, 7) is 2.09. The SMILES string of the molecule is Nc1c2c(cc3c1CN(C1CCC(=O)NC1=O)C3=O)CCNCC2. The van der Waals surface area contributed by atoms with Crippen LogP contribution in [0.1, 0.15) is 39.9 Å². The summed E-state index contributed by atoms with van der Waals surface area (Å²) in [6.07, 6.45) is 2.32. The zero-order valence-electron chi connectivity index (χ0n) is 13.4. The van der Waals surface area contributed by atoms with Crippen LogP contribution in [-0.2, 0) is 29.0 Å². The number of nitrogen functional groups attached to an aromatic ring is 1. The van der Waals surface area contributed by atoms with E-state index >= 15 is 0 Å². The Balaban J connectivity index is 1.69. The van der Waals surface area contributed by atoms with Gasteiger partial charge in [-0.2, -0.15) is 0 Å². The van der Waals surface area contributed by atoms with Crippen LogP contribution >= 0.6 is 0 Å². The Labute approximate surface area is 139 Å². The number of anilines is 1. The third-order valence-electron chi connectivity index (χ3n) is 5.21. The largest absolute Gasteiger partial charge is 0.398 e. The van der Waals surface area contributed by atoms with Gasteiger partial charge < -0.3 is 16.0 Å². The van der Waals surface area contributed by atoms with Gasteiger partial charge in [-0.25, -0.2) is 0 Å². The van der Waals surface area contributed by atoms with E-state index in [1.54, 1.807) is 4.90 Å². The summed E-state index contributed by atoms with van der Waals surface area (Å²) in [5.41, 5.74) is 10.7. The van der Waals surface area contributed by atoms with Crippen molar-refractivity contribution in [2.75, 3.05) is 18.8 Å². The summed E-state index contributed by atoms with van der Waals surface area (Å²) >= 11 is 0. The van der Waals surface area contributed by atoms with Crippen molar-refractivity contribution in [3.63, 3.8) is 0 Å². The van der Waals surface area contributed by atoms with Crippen molar-refractivity contribution < 1.29 is 14.4 Å². The molecule has 4 N–H and O–H groups in total. The third kappa shape index (κ3) is 2.27. The van der Waals surface area contributed by atoms with Crippen molar-refractivity contribution in [1.82, 2.24) is 15.5 Å². The van der Waals surface area contributed by atoms with Crippen LogP contribution in [0.3, 0.4) is 0 Å². The average Bonchev–Trinajstić information content (AvgIpc) is 2.73. The minimum atomic E-state index is -0.594. The summed E-state index contributed by atoms with van der Waals surface area (Å²) < 4.78 is 0. The molecule has 0 saturated carbocycles. The molecule has 1 unspecified atom stereocenters. The monoisotopic (exact) mass is 328 g/mol. The maximum absolute atomic E-state index is 12.8. The van der Waals surface area contributed by atoms with Crippen LogP contribution < -0.4 is 16.4 Å². The number of piperidine rings is 1. The first kappa shape index (κ1) is 15.1. The number of carbonyl (C=O) groups excluding carboxylic acids is 3. The second-order valence-electron chi connectivity index (χ2n) is 6.60. The van der Waals surface area contributed by atoms with Gasteiger partial charge in [-0.3, -0.25) is 19.7 Å². The summed E-state index contributed by atoms with van der Waals surface area (Å²) in [7, 11) is 0. The zero-order chi connectivity index (χ0) is 16.8. The predicted octanol–water partition coefficient (Wildman–Crippen LogP) is -0.282. The van der Waals surface area contributed by atoms with E-state index in [4.69, 9.17) is 5.73 Å². The van der Waals surface area contributed by atoms with Gasteiger partial charge in [0.05, 0.1) is 0 Å². The second-order valence-corrected chi connectivity index (χ2v) is 6.60. The highest BCUT2D eigenvalue weighted by Gasteiger charge is 2.40. The highest BCUT2D eigenvalue weighted by molar-refractivity contribution is 6.06. The van der Waals surface area contributed by atoms with E-state index in [0.717, 1.165) is 42.6 Å². The highest BCUT2D eigenvalue weighted by Crippen LogP contribution is 2.35. The number of hydrogen-bond donors (Lipinski definition) is 3. The number of carbonyl (C=O) groups is 3. The molecular weight excluding hydrogens is 308 g/mol. The van der Waals surface area contributed by atoms with E-state index in [0.29, 0.717) is 24.2 Å². The quantitative estimate of drug-likeness (QED) is 0.486. The first-order chi connectivity index (χ1) is 11.6. The number of rotatable bonds is 1. The number of nitrogens with zero attached hydrogens (tertiary/aromatic N) is 1. The van der Waals surface area contributed by atoms with Gasteiger partial charge in [-0.1, -0.05) is 0 Å². The molecule has 1 aromatic carbocycles. The molecule has 0 radical (unpaired) electrons. The number of nitrogens with one attached hydrogen (secondary N) is 2. The standard InChI is InChI=1S/C17H20N4O3/c18-15-10-4-6-19-5-3-9(10)7-11-12(15)8-21(17(11)24)13-1-2-14(22)20-16(13)23/h7,13,19H,1-6,8,18H2,(H,20,22,23). The van der Waals surface area contributed by atoms with Crippen LogP contribution in [-0.4, -0.2) is 41.8 Å². The van der Waals surface area contributed by atoms with Gasteiger partial charge in [-0.15, -0.1) is 0 Å². The molecule has 24 heavy (non-hydrogen) atoms. The molecule has 126 valence electrons. The lowest BCUT2D eigenvalue weighted by molar-refractivity contribution is -0.136. The van der Waals surface area contributed by atoms with Gasteiger partial charge >= 0.3 is 0 Å². The fourth-order valence-corrected chi connectivity index (χ4v) is 3.92. The second kappa shape index (κ2) is 5.59. The summed E-state index contributed by atoms with van der Waals surface area (Å²) in [5, 5.41) is 5.66. The lowest BCUT2D eigenvalue weighted by atomic mass is 9.94. The number of nitrogens with two attached hydrogens (primary N) is 1. The fraction of sp³-hybridized carbons (Fsp3) is 0.471. The molecule has 0 aromatic heterocycles. The van der Waals surface area contributed by atoms with Crippen molar-refractivity contribution in [3.05, 3.63) is 28.3 Å². The Morgan fingerprint density at radius 3 is 2.67 bits per heavy atom. The molecule has 3 amide bonds. The molecule has 0 spiro atoms. The zero-order valence-corrected chi connectivity index (χ0v) is 13.4. The van der Waals surface area contributed by atoms with E-state index in [-0.39, 0.29) is 18.2 Å². The fourth-order valence-electron chi connectivity index (χ4n) is 3.92. The van der Waals surface area contributed by atoms with Crippen LogP contribution in [0.5, 0.6) is 0 Å². The third-order valence-corrected chi connectivity index (χ3v) is 5.21. The molecule has 1 aromatic rings. The Kier molecular flexibility index (Phi) is 3.53. The van der Waals surface area contributed by atoms with E-state index in [1.807, 2.05) is 6.07 Å². The van der Waals surface area contributed by atoms with E-state index in [9.17, 15) is 14.4 Å². The molecule has 1 fully saturated rings. The lowest BCUT2D eigenvalue weighted by Crippen LogP contribution is -2.52. The summed E-state index contributed by atoms with van der Waals surface area (Å²) in [6, 6.07) is 1.35. The van der Waals surface area contributed by atoms with E-state index in [2.05, 4.69) is 10.6 Å². The molecule has 7 nitrogen and oxygen atoms in total. The molecule has 0 aliphatic carbocycles. The molecule has 7 heteroatoms. The number of fused-ring (bicyclic) bond motifs is 2. The van der Waals surface area contributed by atoms with Gasteiger partial charge in [0.2, 0.25) is 11.8 Å². The summed E-state index contributed by atoms with van der Waals surface area (Å²) in [4.78, 5) is 37.8. The van der Waals surface area contributed by atoms with Gasteiger partial charge in [0.25, 0.3) is 5.91 Å². The Morgan fingerprint density at radius 2 is 1.88 bits per heavy atom. The highest BCUT2D eigenvalue weighted by atomic mass is 16.2. The van der Waals surface area contributed by atoms with E-state index in [1.165, 1.54) is 0 Å². The lowest BCUT2D eigenvalue weighted by Gasteiger charge is -2.29. The summed E-state index contributed by atoms with van der Waals surface area (Å²) in [5.74, 6) is -0.831. The van der Waals surface area contributed by atoms with Crippen molar-refractivity contribution in [2.24, 2.45) is 0 Å². The van der Waals surface area contributed by atoms with Crippen LogP contribution in [0.2, 0.25) is 0 Å². The van der Waals surface area contributed by atoms with Crippen LogP contribution in [0.4, 0.5) is 5.69 Å². The predicted molar refractivity (Wildman–Crippen MR) is 87.2 cm³/mol. The average molecular weight is 328 g/mol. The maximum Gasteiger partial charge on any atom is 0.255 e. The molecule has 1 saturated heterocycles. The van der Waals surface area contributed by atoms with Gasteiger partial charge in [0.15, 0.2) is 0 Å². The van der Waals surface area contributed by atoms with Gasteiger partial charge in [-0.05, 0) is 49.5 Å². The van der Waals surface area contributed by atoms with Gasteiger partial charge in [0, 0.05) is 29.8 Å². The number of imide groups is 1. The molecule has 4 rings (SSSR count). The molecular formula is C17H20N4O3. The molecule has 3 aliphatic heterocycles. The Morgan fingerprint density at radius 1 is 1.08 bits per heavy atom. The number of benzene rings is 1. The smallest absolute Gasteiger partial charge is 0.255 e. The van der Waals surface area contributed by atoms with Crippen LogP contribution in [0.15, 0.2) is 6.07 Å². The minimum Gasteiger partial charge on any atom is -0.398 e. The Hall–Kier alpha value is -2.41.